The molecule has 1 saturated heterocycles. The average Bonchev–Trinajstić information content (AvgIpc) is 2.38. The largest absolute Gasteiger partial charge is 0.391 e. The minimum Gasteiger partial charge on any atom is -0.391 e. The van der Waals surface area contributed by atoms with Crippen LogP contribution in [0.1, 0.15) is 47.0 Å². The van der Waals surface area contributed by atoms with Crippen LogP contribution in [-0.2, 0) is 4.74 Å². The fraction of sp³-hybridized carbons (Fsp3) is 1.00. The van der Waals surface area contributed by atoms with Crippen LogP contribution in [0.2, 0.25) is 0 Å². The lowest BCUT2D eigenvalue weighted by Crippen LogP contribution is -2.59. The van der Waals surface area contributed by atoms with Crippen LogP contribution in [-0.4, -0.2) is 48.0 Å². The Morgan fingerprint density at radius 3 is 2.35 bits per heavy atom. The number of aliphatic hydroxyl groups excluding tert-OH is 1. The van der Waals surface area contributed by atoms with E-state index in [-0.39, 0.29) is 11.6 Å². The van der Waals surface area contributed by atoms with Crippen LogP contribution in [0.25, 0.3) is 0 Å². The number of hydrogen-bond acceptors (Lipinski definition) is 3. The van der Waals surface area contributed by atoms with Gasteiger partial charge in [-0.25, -0.2) is 0 Å². The molecule has 0 spiro atoms. The molecule has 0 aromatic heterocycles. The zero-order valence-corrected chi connectivity index (χ0v) is 11.9. The summed E-state index contributed by atoms with van der Waals surface area (Å²) in [6, 6.07) is 0. The zero-order chi connectivity index (χ0) is 12.9. The summed E-state index contributed by atoms with van der Waals surface area (Å²) in [5, 5.41) is 10.6. The second-order valence-electron chi connectivity index (χ2n) is 5.52. The van der Waals surface area contributed by atoms with E-state index in [4.69, 9.17) is 4.74 Å². The monoisotopic (exact) mass is 243 g/mol. The summed E-state index contributed by atoms with van der Waals surface area (Å²) in [6.45, 7) is 12.2. The van der Waals surface area contributed by atoms with Crippen LogP contribution in [0.4, 0.5) is 0 Å². The van der Waals surface area contributed by atoms with E-state index in [9.17, 15) is 5.11 Å². The fourth-order valence-corrected chi connectivity index (χ4v) is 2.92. The Labute approximate surface area is 106 Å². The van der Waals surface area contributed by atoms with Crippen LogP contribution in [0.3, 0.4) is 0 Å². The number of ether oxygens (including phenoxy) is 1. The molecule has 3 unspecified atom stereocenters. The van der Waals surface area contributed by atoms with Gasteiger partial charge in [0.25, 0.3) is 0 Å². The van der Waals surface area contributed by atoms with Crippen LogP contribution in [0, 0.1) is 5.92 Å². The second kappa shape index (κ2) is 6.72. The molecule has 0 aromatic rings. The first-order valence-corrected chi connectivity index (χ1v) is 7.07. The number of nitrogens with zero attached hydrogens (tertiary/aromatic N) is 1. The van der Waals surface area contributed by atoms with Crippen molar-refractivity contribution < 1.29 is 9.84 Å². The first-order valence-electron chi connectivity index (χ1n) is 7.07. The number of hydrogen-bond donors (Lipinski definition) is 1. The molecule has 0 radical (unpaired) electrons. The Hall–Kier alpha value is -0.120. The van der Waals surface area contributed by atoms with Crippen molar-refractivity contribution in [2.75, 3.05) is 26.3 Å². The predicted molar refractivity (Wildman–Crippen MR) is 71.2 cm³/mol. The molecule has 3 atom stereocenters. The van der Waals surface area contributed by atoms with E-state index in [1.807, 2.05) is 0 Å². The Bertz CT molecular complexity index is 216. The standard InChI is InChI=1S/C14H29NO2/c1-5-7-12(3)13(16)14(4,6-2)15-8-10-17-11-9-15/h12-13,16H,5-11H2,1-4H3. The molecular formula is C14H29NO2. The molecule has 1 N–H and O–H groups in total. The minimum atomic E-state index is -0.245. The predicted octanol–water partition coefficient (Wildman–Crippen LogP) is 2.28. The molecule has 1 aliphatic heterocycles. The number of morpholine rings is 1. The van der Waals surface area contributed by atoms with Crippen molar-refractivity contribution in [3.05, 3.63) is 0 Å². The molecule has 17 heavy (non-hydrogen) atoms. The third-order valence-electron chi connectivity index (χ3n) is 4.37. The van der Waals surface area contributed by atoms with Gasteiger partial charge < -0.3 is 9.84 Å². The Kier molecular flexibility index (Phi) is 5.90. The summed E-state index contributed by atoms with van der Waals surface area (Å²) in [4.78, 5) is 2.41. The van der Waals surface area contributed by atoms with Crippen molar-refractivity contribution in [1.29, 1.82) is 0 Å². The highest BCUT2D eigenvalue weighted by Crippen LogP contribution is 2.30. The molecule has 0 aromatic carbocycles. The van der Waals surface area contributed by atoms with Gasteiger partial charge >= 0.3 is 0 Å². The second-order valence-corrected chi connectivity index (χ2v) is 5.52. The van der Waals surface area contributed by atoms with E-state index in [0.29, 0.717) is 5.92 Å². The van der Waals surface area contributed by atoms with Crippen molar-refractivity contribution >= 4 is 0 Å². The van der Waals surface area contributed by atoms with Crippen molar-refractivity contribution in [3.63, 3.8) is 0 Å². The number of rotatable bonds is 6. The van der Waals surface area contributed by atoms with Crippen LogP contribution < -0.4 is 0 Å². The maximum atomic E-state index is 10.6. The molecule has 1 fully saturated rings. The summed E-state index contributed by atoms with van der Waals surface area (Å²) >= 11 is 0. The normalized spacial score (nSPS) is 25.2. The summed E-state index contributed by atoms with van der Waals surface area (Å²) in [5.41, 5.74) is -0.0988. The van der Waals surface area contributed by atoms with Gasteiger partial charge in [0.05, 0.1) is 19.3 Å². The van der Waals surface area contributed by atoms with Gasteiger partial charge in [-0.1, -0.05) is 27.2 Å². The maximum Gasteiger partial charge on any atom is 0.0746 e. The molecule has 102 valence electrons. The molecule has 0 amide bonds. The first kappa shape index (κ1) is 14.9. The lowest BCUT2D eigenvalue weighted by molar-refractivity contribution is -0.0889. The van der Waals surface area contributed by atoms with Gasteiger partial charge in [-0.05, 0) is 25.7 Å². The topological polar surface area (TPSA) is 32.7 Å². The molecule has 1 heterocycles. The van der Waals surface area contributed by atoms with E-state index >= 15 is 0 Å². The van der Waals surface area contributed by atoms with Gasteiger partial charge in [0.2, 0.25) is 0 Å². The highest BCUT2D eigenvalue weighted by atomic mass is 16.5. The van der Waals surface area contributed by atoms with E-state index in [2.05, 4.69) is 32.6 Å². The smallest absolute Gasteiger partial charge is 0.0746 e. The van der Waals surface area contributed by atoms with Gasteiger partial charge in [0, 0.05) is 18.6 Å². The fourth-order valence-electron chi connectivity index (χ4n) is 2.92. The zero-order valence-electron chi connectivity index (χ0n) is 11.9. The van der Waals surface area contributed by atoms with E-state index in [1.54, 1.807) is 0 Å². The summed E-state index contributed by atoms with van der Waals surface area (Å²) in [6.07, 6.45) is 2.98. The summed E-state index contributed by atoms with van der Waals surface area (Å²) in [7, 11) is 0. The van der Waals surface area contributed by atoms with Crippen LogP contribution in [0.15, 0.2) is 0 Å². The van der Waals surface area contributed by atoms with Crippen molar-refractivity contribution in [2.45, 2.75) is 58.6 Å². The quantitative estimate of drug-likeness (QED) is 0.777. The van der Waals surface area contributed by atoms with Gasteiger partial charge in [0.15, 0.2) is 0 Å². The Morgan fingerprint density at radius 1 is 1.29 bits per heavy atom. The van der Waals surface area contributed by atoms with Gasteiger partial charge in [0.1, 0.15) is 0 Å². The van der Waals surface area contributed by atoms with Crippen molar-refractivity contribution in [3.8, 4) is 0 Å². The Balaban J connectivity index is 2.70. The van der Waals surface area contributed by atoms with Crippen LogP contribution in [0.5, 0.6) is 0 Å². The molecule has 0 bridgehead atoms. The highest BCUT2D eigenvalue weighted by Gasteiger charge is 2.40. The highest BCUT2D eigenvalue weighted by molar-refractivity contribution is 4.94. The lowest BCUT2D eigenvalue weighted by atomic mass is 9.80. The average molecular weight is 243 g/mol. The molecular weight excluding hydrogens is 214 g/mol. The molecule has 0 aliphatic carbocycles. The van der Waals surface area contributed by atoms with Crippen LogP contribution >= 0.6 is 0 Å². The third kappa shape index (κ3) is 3.43. The molecule has 0 saturated carbocycles. The van der Waals surface area contributed by atoms with Crippen molar-refractivity contribution in [2.24, 2.45) is 5.92 Å². The lowest BCUT2D eigenvalue weighted by Gasteiger charge is -2.47. The summed E-state index contributed by atoms with van der Waals surface area (Å²) in [5.74, 6) is 0.368. The summed E-state index contributed by atoms with van der Waals surface area (Å²) < 4.78 is 5.40. The molecule has 1 rings (SSSR count). The Morgan fingerprint density at radius 2 is 1.88 bits per heavy atom. The first-order chi connectivity index (χ1) is 8.06. The van der Waals surface area contributed by atoms with E-state index < -0.39 is 0 Å². The van der Waals surface area contributed by atoms with Gasteiger partial charge in [-0.15, -0.1) is 0 Å². The minimum absolute atomic E-state index is 0.0988. The van der Waals surface area contributed by atoms with Crippen molar-refractivity contribution in [1.82, 2.24) is 4.90 Å². The van der Waals surface area contributed by atoms with Gasteiger partial charge in [-0.2, -0.15) is 0 Å². The number of aliphatic hydroxyl groups is 1. The van der Waals surface area contributed by atoms with E-state index in [0.717, 1.165) is 45.6 Å². The molecule has 1 aliphatic rings. The maximum absolute atomic E-state index is 10.6. The SMILES string of the molecule is CCCC(C)C(O)C(C)(CC)N1CCOCC1. The molecule has 3 nitrogen and oxygen atoms in total. The van der Waals surface area contributed by atoms with E-state index in [1.165, 1.54) is 0 Å². The van der Waals surface area contributed by atoms with Gasteiger partial charge in [-0.3, -0.25) is 4.90 Å². The molecule has 3 heteroatoms. The third-order valence-corrected chi connectivity index (χ3v) is 4.37.